The summed E-state index contributed by atoms with van der Waals surface area (Å²) in [6, 6.07) is 6.39. The van der Waals surface area contributed by atoms with Gasteiger partial charge >= 0.3 is 5.97 Å². The third-order valence-electron chi connectivity index (χ3n) is 4.40. The number of hydrogen-bond donors (Lipinski definition) is 0. The van der Waals surface area contributed by atoms with Gasteiger partial charge in [0.1, 0.15) is 11.9 Å². The first kappa shape index (κ1) is 18.0. The van der Waals surface area contributed by atoms with Crippen molar-refractivity contribution in [1.29, 1.82) is 0 Å². The van der Waals surface area contributed by atoms with Gasteiger partial charge < -0.3 is 9.47 Å². The maximum absolute atomic E-state index is 12.9. The van der Waals surface area contributed by atoms with Crippen molar-refractivity contribution < 1.29 is 18.7 Å². The molecule has 1 heterocycles. The fourth-order valence-electron chi connectivity index (χ4n) is 3.09. The number of benzene rings is 1. The Bertz CT molecular complexity index is 701. The van der Waals surface area contributed by atoms with Gasteiger partial charge in [-0.15, -0.1) is 11.3 Å². The lowest BCUT2D eigenvalue weighted by Crippen LogP contribution is -2.29. The molecule has 6 heteroatoms. The molecule has 134 valence electrons. The van der Waals surface area contributed by atoms with Gasteiger partial charge in [0.25, 0.3) is 0 Å². The van der Waals surface area contributed by atoms with E-state index in [0.29, 0.717) is 6.42 Å². The first-order valence-electron chi connectivity index (χ1n) is 8.52. The van der Waals surface area contributed by atoms with E-state index < -0.39 is 0 Å². The topological polar surface area (TPSA) is 48.4 Å². The van der Waals surface area contributed by atoms with Crippen molar-refractivity contribution in [3.05, 3.63) is 51.7 Å². The van der Waals surface area contributed by atoms with Crippen molar-refractivity contribution in [3.8, 4) is 0 Å². The van der Waals surface area contributed by atoms with Crippen LogP contribution in [0.2, 0.25) is 0 Å². The molecule has 3 rings (SSSR count). The molecular weight excluding hydrogens is 341 g/mol. The molecule has 4 nitrogen and oxygen atoms in total. The van der Waals surface area contributed by atoms with E-state index in [9.17, 15) is 9.18 Å². The van der Waals surface area contributed by atoms with Crippen LogP contribution in [0.5, 0.6) is 0 Å². The number of aromatic nitrogens is 1. The minimum atomic E-state index is -0.246. The predicted molar refractivity (Wildman–Crippen MR) is 94.2 cm³/mol. The zero-order chi connectivity index (χ0) is 17.6. The number of nitrogens with zero attached hydrogens (tertiary/aromatic N) is 1. The number of methoxy groups -OCH3 is 1. The molecule has 0 bridgehead atoms. The lowest BCUT2D eigenvalue weighted by Gasteiger charge is -2.27. The van der Waals surface area contributed by atoms with Crippen LogP contribution in [-0.4, -0.2) is 30.3 Å². The van der Waals surface area contributed by atoms with Gasteiger partial charge in [0, 0.05) is 25.3 Å². The average molecular weight is 363 g/mol. The van der Waals surface area contributed by atoms with Crippen LogP contribution in [0.25, 0.3) is 0 Å². The fraction of sp³-hybridized carbons (Fsp3) is 0.474. The summed E-state index contributed by atoms with van der Waals surface area (Å²) >= 11 is 1.51. The molecule has 0 amide bonds. The van der Waals surface area contributed by atoms with Crippen LogP contribution in [0.15, 0.2) is 29.6 Å². The molecule has 1 aliphatic rings. The number of hydrogen-bond acceptors (Lipinski definition) is 5. The smallest absolute Gasteiger partial charge is 0.312 e. The maximum Gasteiger partial charge on any atom is 0.312 e. The molecule has 1 saturated carbocycles. The maximum atomic E-state index is 12.9. The van der Waals surface area contributed by atoms with E-state index in [-0.39, 0.29) is 30.4 Å². The van der Waals surface area contributed by atoms with Crippen LogP contribution in [-0.2, 0) is 27.1 Å². The quantitative estimate of drug-likeness (QED) is 0.730. The number of carbonyl (C=O) groups is 1. The van der Waals surface area contributed by atoms with Crippen LogP contribution in [0, 0.1) is 5.82 Å². The van der Waals surface area contributed by atoms with Gasteiger partial charge in [-0.1, -0.05) is 12.1 Å². The van der Waals surface area contributed by atoms with Crippen LogP contribution in [0.1, 0.15) is 41.9 Å². The van der Waals surface area contributed by atoms with E-state index in [1.54, 1.807) is 19.2 Å². The molecule has 2 aromatic rings. The Labute approximate surface area is 151 Å². The highest BCUT2D eigenvalue weighted by atomic mass is 32.1. The summed E-state index contributed by atoms with van der Waals surface area (Å²) in [4.78, 5) is 16.6. The van der Waals surface area contributed by atoms with E-state index in [4.69, 9.17) is 9.47 Å². The molecular formula is C19H22FNO3S. The summed E-state index contributed by atoms with van der Waals surface area (Å²) in [5.41, 5.74) is 1.73. The molecule has 0 aliphatic heterocycles. The second-order valence-corrected chi connectivity index (χ2v) is 7.29. The van der Waals surface area contributed by atoms with Gasteiger partial charge in [-0.2, -0.15) is 0 Å². The fourth-order valence-corrected chi connectivity index (χ4v) is 3.91. The third-order valence-corrected chi connectivity index (χ3v) is 5.30. The molecule has 1 aliphatic carbocycles. The van der Waals surface area contributed by atoms with Crippen molar-refractivity contribution in [1.82, 2.24) is 4.98 Å². The van der Waals surface area contributed by atoms with Crippen LogP contribution in [0.4, 0.5) is 4.39 Å². The lowest BCUT2D eigenvalue weighted by molar-refractivity contribution is -0.151. The molecule has 0 spiro atoms. The van der Waals surface area contributed by atoms with Gasteiger partial charge in [0.15, 0.2) is 0 Å². The van der Waals surface area contributed by atoms with E-state index in [1.807, 2.05) is 5.38 Å². The van der Waals surface area contributed by atoms with Crippen molar-refractivity contribution in [3.63, 3.8) is 0 Å². The first-order chi connectivity index (χ1) is 12.1. The minimum Gasteiger partial charge on any atom is -0.462 e. The Morgan fingerprint density at radius 3 is 2.80 bits per heavy atom. The second kappa shape index (κ2) is 8.54. The molecule has 0 N–H and O–H groups in total. The van der Waals surface area contributed by atoms with Crippen LogP contribution < -0.4 is 0 Å². The molecule has 25 heavy (non-hydrogen) atoms. The number of esters is 1. The van der Waals surface area contributed by atoms with Gasteiger partial charge in [-0.25, -0.2) is 9.37 Å². The minimum absolute atomic E-state index is 0.0523. The summed E-state index contributed by atoms with van der Waals surface area (Å²) in [6.07, 6.45) is 4.69. The Kier molecular flexibility index (Phi) is 6.15. The standard InChI is InChI=1S/C19H22FNO3S/c1-23-16-3-2-4-17(11-16)24-19(22)10-15-12-25-18(21-15)9-13-5-7-14(20)8-6-13/h5-8,12,16-17H,2-4,9-11H2,1H3. The average Bonchev–Trinajstić information content (AvgIpc) is 3.04. The summed E-state index contributed by atoms with van der Waals surface area (Å²) < 4.78 is 23.9. The zero-order valence-corrected chi connectivity index (χ0v) is 15.1. The van der Waals surface area contributed by atoms with Crippen molar-refractivity contribution in [2.24, 2.45) is 0 Å². The monoisotopic (exact) mass is 363 g/mol. The molecule has 0 saturated heterocycles. The van der Waals surface area contributed by atoms with E-state index in [2.05, 4.69) is 4.98 Å². The predicted octanol–water partition coefficient (Wildman–Crippen LogP) is 3.92. The number of halogens is 1. The van der Waals surface area contributed by atoms with Crippen LogP contribution >= 0.6 is 11.3 Å². The Balaban J connectivity index is 1.50. The molecule has 1 aromatic heterocycles. The SMILES string of the molecule is COC1CCCC(OC(=O)Cc2csc(Cc3ccc(F)cc3)n2)C1. The number of thiazole rings is 1. The Hall–Kier alpha value is -1.79. The van der Waals surface area contributed by atoms with Crippen molar-refractivity contribution in [2.45, 2.75) is 50.7 Å². The first-order valence-corrected chi connectivity index (χ1v) is 9.40. The number of rotatable bonds is 6. The summed E-state index contributed by atoms with van der Waals surface area (Å²) in [7, 11) is 1.70. The summed E-state index contributed by atoms with van der Waals surface area (Å²) in [6.45, 7) is 0. The number of ether oxygens (including phenoxy) is 2. The normalized spacial score (nSPS) is 20.4. The van der Waals surface area contributed by atoms with E-state index in [1.165, 1.54) is 23.5 Å². The molecule has 1 fully saturated rings. The van der Waals surface area contributed by atoms with Crippen molar-refractivity contribution >= 4 is 17.3 Å². The van der Waals surface area contributed by atoms with E-state index in [0.717, 1.165) is 41.9 Å². The summed E-state index contributed by atoms with van der Waals surface area (Å²) in [5, 5.41) is 2.80. The second-order valence-electron chi connectivity index (χ2n) is 6.35. The molecule has 2 unspecified atom stereocenters. The third kappa shape index (κ3) is 5.34. The van der Waals surface area contributed by atoms with Gasteiger partial charge in [-0.3, -0.25) is 4.79 Å². The van der Waals surface area contributed by atoms with Gasteiger partial charge in [0.2, 0.25) is 0 Å². The molecule has 2 atom stereocenters. The van der Waals surface area contributed by atoms with Crippen LogP contribution in [0.3, 0.4) is 0 Å². The molecule has 0 radical (unpaired) electrons. The Morgan fingerprint density at radius 1 is 1.28 bits per heavy atom. The van der Waals surface area contributed by atoms with Gasteiger partial charge in [-0.05, 0) is 37.0 Å². The summed E-state index contributed by atoms with van der Waals surface area (Å²) in [5.74, 6) is -0.481. The molecule has 1 aromatic carbocycles. The lowest BCUT2D eigenvalue weighted by atomic mass is 9.95. The number of carbonyl (C=O) groups excluding carboxylic acids is 1. The Morgan fingerprint density at radius 2 is 2.04 bits per heavy atom. The largest absolute Gasteiger partial charge is 0.462 e. The van der Waals surface area contributed by atoms with Gasteiger partial charge in [0.05, 0.1) is 23.2 Å². The van der Waals surface area contributed by atoms with Crippen molar-refractivity contribution in [2.75, 3.05) is 7.11 Å². The highest BCUT2D eigenvalue weighted by Crippen LogP contribution is 2.23. The van der Waals surface area contributed by atoms with E-state index >= 15 is 0 Å². The zero-order valence-electron chi connectivity index (χ0n) is 14.2. The highest BCUT2D eigenvalue weighted by Gasteiger charge is 2.24. The highest BCUT2D eigenvalue weighted by molar-refractivity contribution is 7.09.